The van der Waals surface area contributed by atoms with Gasteiger partial charge in [-0.1, -0.05) is 0 Å². The quantitative estimate of drug-likeness (QED) is 0.364. The van der Waals surface area contributed by atoms with Crippen LogP contribution in [0.5, 0.6) is 0 Å². The molecule has 0 saturated heterocycles. The molecule has 0 aromatic rings. The zero-order chi connectivity index (χ0) is 19.0. The maximum absolute atomic E-state index is 6.03. The average molecular weight is 366 g/mol. The first kappa shape index (κ1) is 24.7. The third kappa shape index (κ3) is 14.6. The van der Waals surface area contributed by atoms with Crippen LogP contribution in [0.15, 0.2) is 0 Å². The van der Waals surface area contributed by atoms with E-state index in [-0.39, 0.29) is 5.60 Å². The summed E-state index contributed by atoms with van der Waals surface area (Å²) in [5.74, 6) is 0. The Hall–Kier alpha value is -0.280. The highest BCUT2D eigenvalue weighted by Crippen LogP contribution is 2.23. The fourth-order valence-electron chi connectivity index (χ4n) is 1.91. The van der Waals surface area contributed by atoms with Crippen LogP contribution >= 0.6 is 0 Å². The Labute approximate surface area is 153 Å². The Morgan fingerprint density at radius 1 is 0.520 bits per heavy atom. The Morgan fingerprint density at radius 2 is 0.880 bits per heavy atom. The van der Waals surface area contributed by atoms with Gasteiger partial charge in [0.25, 0.3) is 0 Å². The summed E-state index contributed by atoms with van der Waals surface area (Å²) >= 11 is 0. The fraction of sp³-hybridized carbons (Fsp3) is 1.00. The first-order valence-corrected chi connectivity index (χ1v) is 8.73. The molecule has 0 atom stereocenters. The van der Waals surface area contributed by atoms with E-state index < -0.39 is 5.41 Å². The van der Waals surface area contributed by atoms with Gasteiger partial charge in [-0.15, -0.1) is 0 Å². The predicted octanol–water partition coefficient (Wildman–Crippen LogP) is 1.78. The van der Waals surface area contributed by atoms with Gasteiger partial charge in [-0.2, -0.15) is 0 Å². The molecule has 0 heterocycles. The van der Waals surface area contributed by atoms with Crippen molar-refractivity contribution in [2.75, 3.05) is 87.4 Å². The Kier molecular flexibility index (Phi) is 14.7. The first-order valence-electron chi connectivity index (χ1n) is 8.73. The Morgan fingerprint density at radius 3 is 1.16 bits per heavy atom. The average Bonchev–Trinajstić information content (AvgIpc) is 2.57. The van der Waals surface area contributed by atoms with E-state index in [1.165, 1.54) is 0 Å². The van der Waals surface area contributed by atoms with E-state index in [1.807, 2.05) is 20.8 Å². The SMILES string of the molecule is COCCOCC(COCCOC)(COCCOC)COC(C)(C)C. The molecule has 7 nitrogen and oxygen atoms in total. The van der Waals surface area contributed by atoms with E-state index in [4.69, 9.17) is 33.2 Å². The second-order valence-corrected chi connectivity index (χ2v) is 7.04. The van der Waals surface area contributed by atoms with E-state index in [1.54, 1.807) is 21.3 Å². The Bertz CT molecular complexity index is 260. The van der Waals surface area contributed by atoms with E-state index in [2.05, 4.69) is 0 Å². The summed E-state index contributed by atoms with van der Waals surface area (Å²) in [6, 6.07) is 0. The van der Waals surface area contributed by atoms with Gasteiger partial charge >= 0.3 is 0 Å². The minimum Gasteiger partial charge on any atom is -0.382 e. The lowest BCUT2D eigenvalue weighted by atomic mass is 9.91. The van der Waals surface area contributed by atoms with E-state index >= 15 is 0 Å². The molecule has 0 N–H and O–H groups in total. The second kappa shape index (κ2) is 14.8. The molecular formula is C18H38O7. The van der Waals surface area contributed by atoms with Gasteiger partial charge in [0.2, 0.25) is 0 Å². The molecule has 0 fully saturated rings. The molecule has 0 aliphatic heterocycles. The maximum atomic E-state index is 6.03. The molecule has 25 heavy (non-hydrogen) atoms. The highest BCUT2D eigenvalue weighted by molar-refractivity contribution is 4.81. The van der Waals surface area contributed by atoms with Crippen LogP contribution in [-0.4, -0.2) is 93.0 Å². The number of ether oxygens (including phenoxy) is 7. The van der Waals surface area contributed by atoms with Crippen LogP contribution in [0.2, 0.25) is 0 Å². The third-order valence-corrected chi connectivity index (χ3v) is 3.33. The standard InChI is InChI=1S/C18H38O7/c1-17(2,3)25-16-18(13-22-10-7-19-4,14-23-11-8-20-5)15-24-12-9-21-6/h7-16H2,1-6H3. The monoisotopic (exact) mass is 366 g/mol. The number of hydrogen-bond acceptors (Lipinski definition) is 7. The Balaban J connectivity index is 4.80. The lowest BCUT2D eigenvalue weighted by Crippen LogP contribution is -2.44. The smallest absolute Gasteiger partial charge is 0.0700 e. The third-order valence-electron chi connectivity index (χ3n) is 3.33. The molecule has 0 aliphatic carbocycles. The van der Waals surface area contributed by atoms with E-state index in [9.17, 15) is 0 Å². The van der Waals surface area contributed by atoms with Crippen molar-refractivity contribution in [2.24, 2.45) is 5.41 Å². The van der Waals surface area contributed by atoms with Crippen LogP contribution in [0.1, 0.15) is 20.8 Å². The predicted molar refractivity (Wildman–Crippen MR) is 96.2 cm³/mol. The van der Waals surface area contributed by atoms with E-state index in [0.717, 1.165) is 0 Å². The van der Waals surface area contributed by atoms with Crippen molar-refractivity contribution in [1.29, 1.82) is 0 Å². The van der Waals surface area contributed by atoms with Gasteiger partial charge in [-0.25, -0.2) is 0 Å². The summed E-state index contributed by atoms with van der Waals surface area (Å²) in [5, 5.41) is 0. The highest BCUT2D eigenvalue weighted by atomic mass is 16.5. The molecule has 0 spiro atoms. The lowest BCUT2D eigenvalue weighted by molar-refractivity contribution is -0.139. The molecule has 7 heteroatoms. The summed E-state index contributed by atoms with van der Waals surface area (Å²) in [5.41, 5.74) is -0.653. The van der Waals surface area contributed by atoms with Crippen molar-refractivity contribution < 1.29 is 33.2 Å². The summed E-state index contributed by atoms with van der Waals surface area (Å²) in [4.78, 5) is 0. The van der Waals surface area contributed by atoms with Crippen LogP contribution < -0.4 is 0 Å². The summed E-state index contributed by atoms with van der Waals surface area (Å²) in [6.45, 7) is 11.2. The van der Waals surface area contributed by atoms with Gasteiger partial charge < -0.3 is 33.2 Å². The minimum atomic E-state index is -0.400. The molecule has 0 bridgehead atoms. The molecule has 0 rings (SSSR count). The fourth-order valence-corrected chi connectivity index (χ4v) is 1.91. The molecular weight excluding hydrogens is 328 g/mol. The lowest BCUT2D eigenvalue weighted by Gasteiger charge is -2.35. The van der Waals surface area contributed by atoms with Crippen LogP contribution in [0.25, 0.3) is 0 Å². The maximum Gasteiger partial charge on any atom is 0.0700 e. The molecule has 0 aromatic heterocycles. The molecule has 0 saturated carbocycles. The number of methoxy groups -OCH3 is 3. The molecule has 0 aromatic carbocycles. The van der Waals surface area contributed by atoms with Crippen molar-refractivity contribution in [3.05, 3.63) is 0 Å². The summed E-state index contributed by atoms with van der Waals surface area (Å²) in [7, 11) is 4.96. The van der Waals surface area contributed by atoms with Crippen LogP contribution in [0.4, 0.5) is 0 Å². The van der Waals surface area contributed by atoms with Crippen molar-refractivity contribution in [1.82, 2.24) is 0 Å². The van der Waals surface area contributed by atoms with Crippen molar-refractivity contribution in [2.45, 2.75) is 26.4 Å². The van der Waals surface area contributed by atoms with Crippen molar-refractivity contribution in [3.63, 3.8) is 0 Å². The van der Waals surface area contributed by atoms with Crippen molar-refractivity contribution in [3.8, 4) is 0 Å². The molecule has 0 unspecified atom stereocenters. The zero-order valence-electron chi connectivity index (χ0n) is 16.9. The zero-order valence-corrected chi connectivity index (χ0v) is 16.9. The van der Waals surface area contributed by atoms with Crippen LogP contribution in [0, 0.1) is 5.41 Å². The number of rotatable bonds is 17. The second-order valence-electron chi connectivity index (χ2n) is 7.04. The van der Waals surface area contributed by atoms with Gasteiger partial charge in [-0.3, -0.25) is 0 Å². The normalized spacial score (nSPS) is 12.7. The topological polar surface area (TPSA) is 64.6 Å². The van der Waals surface area contributed by atoms with Gasteiger partial charge in [-0.05, 0) is 20.8 Å². The van der Waals surface area contributed by atoms with E-state index in [0.29, 0.717) is 66.1 Å². The van der Waals surface area contributed by atoms with Crippen molar-refractivity contribution >= 4 is 0 Å². The van der Waals surface area contributed by atoms with Crippen LogP contribution in [-0.2, 0) is 33.2 Å². The molecule has 152 valence electrons. The number of hydrogen-bond donors (Lipinski definition) is 0. The summed E-state index contributed by atoms with van der Waals surface area (Å²) in [6.07, 6.45) is 0. The van der Waals surface area contributed by atoms with Gasteiger partial charge in [0, 0.05) is 21.3 Å². The molecule has 0 amide bonds. The first-order chi connectivity index (χ1) is 11.9. The molecule has 0 aliphatic rings. The minimum absolute atomic E-state index is 0.253. The van der Waals surface area contributed by atoms with Gasteiger partial charge in [0.05, 0.1) is 77.1 Å². The largest absolute Gasteiger partial charge is 0.382 e. The van der Waals surface area contributed by atoms with Gasteiger partial charge in [0.1, 0.15) is 0 Å². The highest BCUT2D eigenvalue weighted by Gasteiger charge is 2.34. The summed E-state index contributed by atoms with van der Waals surface area (Å²) < 4.78 is 38.5. The van der Waals surface area contributed by atoms with Gasteiger partial charge in [0.15, 0.2) is 0 Å². The van der Waals surface area contributed by atoms with Crippen LogP contribution in [0.3, 0.4) is 0 Å². The molecule has 0 radical (unpaired) electrons.